The molecule has 230 valence electrons. The van der Waals surface area contributed by atoms with Crippen LogP contribution in [0.25, 0.3) is 55.0 Å². The Morgan fingerprint density at radius 1 is 0.458 bits per heavy atom. The fourth-order valence-electron chi connectivity index (χ4n) is 8.82. The van der Waals surface area contributed by atoms with Crippen LogP contribution in [0.2, 0.25) is 0 Å². The summed E-state index contributed by atoms with van der Waals surface area (Å²) in [5, 5.41) is 4.60. The molecule has 2 heteroatoms. The summed E-state index contributed by atoms with van der Waals surface area (Å²) in [5.74, 6) is 0. The first-order valence-electron chi connectivity index (χ1n) is 16.9. The molecule has 48 heavy (non-hydrogen) atoms. The number of hydrogen-bond acceptors (Lipinski definition) is 2. The van der Waals surface area contributed by atoms with Gasteiger partial charge in [-0.05, 0) is 92.9 Å². The van der Waals surface area contributed by atoms with E-state index < -0.39 is 0 Å². The molecule has 0 saturated heterocycles. The molecule has 0 amide bonds. The molecule has 0 bridgehead atoms. The Morgan fingerprint density at radius 3 is 1.94 bits per heavy atom. The molecule has 2 aliphatic rings. The van der Waals surface area contributed by atoms with Crippen molar-refractivity contribution in [3.05, 3.63) is 162 Å². The Morgan fingerprint density at radius 2 is 1.08 bits per heavy atom. The van der Waals surface area contributed by atoms with E-state index in [1.807, 2.05) is 6.07 Å². The van der Waals surface area contributed by atoms with Gasteiger partial charge < -0.3 is 9.32 Å². The minimum atomic E-state index is -0.100. The quantitative estimate of drug-likeness (QED) is 0.196. The standard InChI is InChI=1S/C46H35NO/c1-45(2)38-16-9-6-14-36(38)43-39(45)17-11-18-41(43)47(30-22-25-33-32-12-5-8-15-37(32)46(3,4)40(33)27-30)29-21-24-31-28(26-29)20-23-35-34-13-7-10-19-42(34)48-44(31)35/h5-27H,1-4H3. The third-order valence-corrected chi connectivity index (χ3v) is 11.3. The summed E-state index contributed by atoms with van der Waals surface area (Å²) in [5.41, 5.74) is 16.0. The van der Waals surface area contributed by atoms with Crippen molar-refractivity contribution in [2.45, 2.75) is 38.5 Å². The monoisotopic (exact) mass is 617 g/mol. The third-order valence-electron chi connectivity index (χ3n) is 11.3. The maximum absolute atomic E-state index is 6.45. The number of furan rings is 1. The van der Waals surface area contributed by atoms with Gasteiger partial charge in [-0.15, -0.1) is 0 Å². The average Bonchev–Trinajstić information content (AvgIpc) is 3.69. The van der Waals surface area contributed by atoms with E-state index in [2.05, 4.69) is 166 Å². The Kier molecular flexibility index (Phi) is 5.44. The van der Waals surface area contributed by atoms with Gasteiger partial charge in [-0.1, -0.05) is 119 Å². The topological polar surface area (TPSA) is 16.4 Å². The number of hydrogen-bond donors (Lipinski definition) is 0. The number of benzene rings is 7. The van der Waals surface area contributed by atoms with Crippen molar-refractivity contribution in [1.82, 2.24) is 0 Å². The molecule has 7 aromatic carbocycles. The summed E-state index contributed by atoms with van der Waals surface area (Å²) in [7, 11) is 0. The van der Waals surface area contributed by atoms with Crippen LogP contribution in [0, 0.1) is 0 Å². The summed E-state index contributed by atoms with van der Waals surface area (Å²) in [6.45, 7) is 9.43. The zero-order valence-electron chi connectivity index (χ0n) is 27.6. The summed E-state index contributed by atoms with van der Waals surface area (Å²) >= 11 is 0. The molecule has 1 aromatic heterocycles. The van der Waals surface area contributed by atoms with Crippen molar-refractivity contribution < 1.29 is 4.42 Å². The third kappa shape index (κ3) is 3.58. The molecule has 0 spiro atoms. The summed E-state index contributed by atoms with van der Waals surface area (Å²) in [6, 6.07) is 51.4. The molecule has 0 atom stereocenters. The van der Waals surface area contributed by atoms with Gasteiger partial charge in [0.05, 0.1) is 5.69 Å². The highest BCUT2D eigenvalue weighted by molar-refractivity contribution is 6.15. The minimum Gasteiger partial charge on any atom is -0.455 e. The second-order valence-corrected chi connectivity index (χ2v) is 14.6. The SMILES string of the molecule is CC1(C)c2ccccc2-c2ccc(N(c3ccc4c(ccc5c6ccccc6oc45)c3)c3cccc4c3-c3ccccc3C4(C)C)cc21. The van der Waals surface area contributed by atoms with E-state index in [4.69, 9.17) is 4.42 Å². The number of rotatable bonds is 3. The van der Waals surface area contributed by atoms with Crippen LogP contribution >= 0.6 is 0 Å². The van der Waals surface area contributed by atoms with E-state index in [1.54, 1.807) is 0 Å². The van der Waals surface area contributed by atoms with Crippen LogP contribution in [-0.4, -0.2) is 0 Å². The van der Waals surface area contributed by atoms with Gasteiger partial charge >= 0.3 is 0 Å². The molecular weight excluding hydrogens is 583 g/mol. The lowest BCUT2D eigenvalue weighted by Crippen LogP contribution is -2.17. The van der Waals surface area contributed by atoms with Gasteiger partial charge in [0.1, 0.15) is 11.2 Å². The fourth-order valence-corrected chi connectivity index (χ4v) is 8.82. The Hall–Kier alpha value is -5.60. The van der Waals surface area contributed by atoms with Crippen molar-refractivity contribution in [2.24, 2.45) is 0 Å². The van der Waals surface area contributed by atoms with Gasteiger partial charge in [0.25, 0.3) is 0 Å². The van der Waals surface area contributed by atoms with Gasteiger partial charge in [0, 0.05) is 43.9 Å². The van der Waals surface area contributed by atoms with Crippen LogP contribution in [0.15, 0.2) is 144 Å². The number of para-hydroxylation sites is 1. The highest BCUT2D eigenvalue weighted by Gasteiger charge is 2.39. The zero-order valence-corrected chi connectivity index (χ0v) is 27.6. The molecule has 0 radical (unpaired) electrons. The van der Waals surface area contributed by atoms with Gasteiger partial charge in [-0.25, -0.2) is 0 Å². The summed E-state index contributed by atoms with van der Waals surface area (Å²) in [4.78, 5) is 2.48. The molecule has 8 aromatic rings. The maximum Gasteiger partial charge on any atom is 0.143 e. The van der Waals surface area contributed by atoms with Crippen molar-refractivity contribution in [2.75, 3.05) is 4.90 Å². The molecule has 2 nitrogen and oxygen atoms in total. The molecule has 0 aliphatic heterocycles. The Balaban J connectivity index is 1.24. The predicted octanol–water partition coefficient (Wildman–Crippen LogP) is 12.8. The van der Waals surface area contributed by atoms with Crippen molar-refractivity contribution in [1.29, 1.82) is 0 Å². The van der Waals surface area contributed by atoms with Crippen LogP contribution in [0.1, 0.15) is 49.9 Å². The second-order valence-electron chi connectivity index (χ2n) is 14.6. The summed E-state index contributed by atoms with van der Waals surface area (Å²) < 4.78 is 6.45. The molecule has 2 aliphatic carbocycles. The normalized spacial score (nSPS) is 15.0. The highest BCUT2D eigenvalue weighted by atomic mass is 16.3. The number of anilines is 3. The minimum absolute atomic E-state index is 0.0918. The predicted molar refractivity (Wildman–Crippen MR) is 201 cm³/mol. The van der Waals surface area contributed by atoms with E-state index in [1.165, 1.54) is 50.2 Å². The molecule has 10 rings (SSSR count). The molecule has 1 heterocycles. The van der Waals surface area contributed by atoms with Crippen LogP contribution in [0.4, 0.5) is 17.1 Å². The van der Waals surface area contributed by atoms with E-state index >= 15 is 0 Å². The lowest BCUT2D eigenvalue weighted by Gasteiger charge is -2.30. The fraction of sp³-hybridized carbons (Fsp3) is 0.130. The van der Waals surface area contributed by atoms with Crippen LogP contribution in [0.5, 0.6) is 0 Å². The Labute approximate surface area is 280 Å². The van der Waals surface area contributed by atoms with Crippen molar-refractivity contribution >= 4 is 49.8 Å². The Bertz CT molecular complexity index is 2630. The number of fused-ring (bicyclic) bond motifs is 11. The average molecular weight is 618 g/mol. The van der Waals surface area contributed by atoms with Crippen LogP contribution in [0.3, 0.4) is 0 Å². The largest absolute Gasteiger partial charge is 0.455 e. The lowest BCUT2D eigenvalue weighted by molar-refractivity contribution is 0.660. The lowest BCUT2D eigenvalue weighted by atomic mass is 9.82. The van der Waals surface area contributed by atoms with Crippen molar-refractivity contribution in [3.63, 3.8) is 0 Å². The van der Waals surface area contributed by atoms with Crippen molar-refractivity contribution in [3.8, 4) is 22.3 Å². The van der Waals surface area contributed by atoms with Crippen LogP contribution in [-0.2, 0) is 10.8 Å². The first-order chi connectivity index (χ1) is 23.3. The first-order valence-corrected chi connectivity index (χ1v) is 16.9. The van der Waals surface area contributed by atoms with Gasteiger partial charge in [-0.2, -0.15) is 0 Å². The summed E-state index contributed by atoms with van der Waals surface area (Å²) in [6.07, 6.45) is 0. The smallest absolute Gasteiger partial charge is 0.143 e. The van der Waals surface area contributed by atoms with Crippen LogP contribution < -0.4 is 4.90 Å². The van der Waals surface area contributed by atoms with Gasteiger partial charge in [-0.3, -0.25) is 0 Å². The van der Waals surface area contributed by atoms with E-state index in [0.717, 1.165) is 44.1 Å². The highest BCUT2D eigenvalue weighted by Crippen LogP contribution is 2.56. The van der Waals surface area contributed by atoms with E-state index in [-0.39, 0.29) is 10.8 Å². The molecule has 0 unspecified atom stereocenters. The molecule has 0 fully saturated rings. The molecular formula is C46H35NO. The molecule has 0 N–H and O–H groups in total. The van der Waals surface area contributed by atoms with E-state index in [9.17, 15) is 0 Å². The maximum atomic E-state index is 6.45. The first kappa shape index (κ1) is 27.5. The van der Waals surface area contributed by atoms with Gasteiger partial charge in [0.15, 0.2) is 0 Å². The molecule has 0 saturated carbocycles. The van der Waals surface area contributed by atoms with Gasteiger partial charge in [0.2, 0.25) is 0 Å². The zero-order chi connectivity index (χ0) is 32.4. The van der Waals surface area contributed by atoms with E-state index in [0.29, 0.717) is 0 Å². The second kappa shape index (κ2) is 9.49. The number of nitrogens with zero attached hydrogens (tertiary/aromatic N) is 1.